The molecule has 454 valence electrons. The highest BCUT2D eigenvalue weighted by Crippen LogP contribution is 2.52. The van der Waals surface area contributed by atoms with Gasteiger partial charge in [0.15, 0.2) is 46.0 Å². The molecule has 31 heteroatoms. The van der Waals surface area contributed by atoms with Gasteiger partial charge < -0.3 is 81.9 Å². The molecule has 0 spiro atoms. The summed E-state index contributed by atoms with van der Waals surface area (Å²) >= 11 is 0. The van der Waals surface area contributed by atoms with Gasteiger partial charge in [0.25, 0.3) is 11.5 Å². The number of nitrogens with zero attached hydrogens (tertiary/aromatic N) is 9. The van der Waals surface area contributed by atoms with Gasteiger partial charge in [-0.3, -0.25) is 37.9 Å². The number of carboxylic acids is 2. The molecule has 5 heterocycles. The maximum atomic E-state index is 13.6. The number of hydrogen-bond acceptors (Lipinski definition) is 25. The number of aliphatic carboxylic acids is 2. The van der Waals surface area contributed by atoms with E-state index in [-0.39, 0.29) is 75.8 Å². The minimum atomic E-state index is -2.24. The van der Waals surface area contributed by atoms with Crippen molar-refractivity contribution in [3.05, 3.63) is 120 Å². The number of aromatic hydroxyl groups is 2. The molecule has 1 fully saturated rings. The highest BCUT2D eigenvalue weighted by atomic mass is 16.7. The molecular formula is C55H61N13O18. The SMILES string of the molecule is CN(Cc1cnc2nc(N)nc(N)c2n1)c1ccc(C(=O)N[C@@H](CCC(=O)O)C(=O)O)cc1.COc1cccc2c1C(=O)c1c(O)c3c(c(O)c1C2=O)C[C@@](O)(C(=O)CO)C[C@@H]3O[C@H]1C[C@H](N)[C@@H](O)[C@H](C)O1.Cn1c(=O)c2c(ncn2C)n(C)c1=O. The zero-order chi connectivity index (χ0) is 63.0. The van der Waals surface area contributed by atoms with Crippen LogP contribution in [0.15, 0.2) is 64.6 Å². The largest absolute Gasteiger partial charge is 0.507 e. The van der Waals surface area contributed by atoms with Crippen molar-refractivity contribution in [2.75, 3.05) is 37.1 Å². The van der Waals surface area contributed by atoms with Crippen molar-refractivity contribution >= 4 is 75.0 Å². The Bertz CT molecular complexity index is 3990. The topological polar surface area (TPSA) is 478 Å². The van der Waals surface area contributed by atoms with Crippen molar-refractivity contribution in [1.29, 1.82) is 0 Å². The van der Waals surface area contributed by atoms with Crippen LogP contribution < -0.4 is 43.4 Å². The van der Waals surface area contributed by atoms with E-state index in [1.165, 1.54) is 55.4 Å². The van der Waals surface area contributed by atoms with Crippen molar-refractivity contribution in [2.24, 2.45) is 26.9 Å². The monoisotopic (exact) mass is 1190 g/mol. The molecule has 10 rings (SSSR count). The number of hydrogen-bond donors (Lipinski definition) is 11. The fourth-order valence-electron chi connectivity index (χ4n) is 10.2. The Morgan fingerprint density at radius 3 is 2.26 bits per heavy atom. The first kappa shape index (κ1) is 62.3. The lowest BCUT2D eigenvalue weighted by Crippen LogP contribution is -2.53. The van der Waals surface area contributed by atoms with Crippen molar-refractivity contribution in [2.45, 2.75) is 87.9 Å². The van der Waals surface area contributed by atoms with Gasteiger partial charge in [0, 0.05) is 87.9 Å². The van der Waals surface area contributed by atoms with E-state index in [0.717, 1.165) is 10.3 Å². The summed E-state index contributed by atoms with van der Waals surface area (Å²) < 4.78 is 21.0. The number of nitrogens with two attached hydrogens (primary N) is 3. The van der Waals surface area contributed by atoms with Crippen molar-refractivity contribution in [3.63, 3.8) is 0 Å². The molecule has 7 atom stereocenters. The predicted molar refractivity (Wildman–Crippen MR) is 301 cm³/mol. The zero-order valence-electron chi connectivity index (χ0n) is 47.0. The van der Waals surface area contributed by atoms with Gasteiger partial charge in [-0.1, -0.05) is 12.1 Å². The van der Waals surface area contributed by atoms with Gasteiger partial charge in [0.1, 0.15) is 35.5 Å². The molecule has 14 N–H and O–H groups in total. The number of nitrogen functional groups attached to an aromatic ring is 2. The number of ketones is 3. The van der Waals surface area contributed by atoms with Gasteiger partial charge in [0.05, 0.1) is 66.9 Å². The molecule has 0 bridgehead atoms. The van der Waals surface area contributed by atoms with Gasteiger partial charge in [0.2, 0.25) is 11.7 Å². The van der Waals surface area contributed by atoms with Crippen LogP contribution in [0.2, 0.25) is 0 Å². The molecule has 1 amide bonds. The van der Waals surface area contributed by atoms with E-state index >= 15 is 0 Å². The van der Waals surface area contributed by atoms with E-state index in [1.807, 2.05) is 11.9 Å². The Kier molecular flexibility index (Phi) is 18.0. The molecule has 1 saturated heterocycles. The summed E-state index contributed by atoms with van der Waals surface area (Å²) in [5.41, 5.74) is 16.2. The summed E-state index contributed by atoms with van der Waals surface area (Å²) in [5.74, 6) is -6.68. The lowest BCUT2D eigenvalue weighted by atomic mass is 9.72. The number of ether oxygens (including phenoxy) is 3. The normalized spacial score (nSPS) is 19.8. The molecule has 0 radical (unpaired) electrons. The van der Waals surface area contributed by atoms with Gasteiger partial charge in [-0.2, -0.15) is 9.97 Å². The van der Waals surface area contributed by atoms with Crippen molar-refractivity contribution in [3.8, 4) is 17.2 Å². The first-order chi connectivity index (χ1) is 40.6. The summed E-state index contributed by atoms with van der Waals surface area (Å²) in [6.45, 7) is 0.929. The summed E-state index contributed by atoms with van der Waals surface area (Å²) in [6.07, 6.45) is -2.64. The third kappa shape index (κ3) is 12.1. The van der Waals surface area contributed by atoms with E-state index in [0.29, 0.717) is 34.6 Å². The second-order valence-corrected chi connectivity index (χ2v) is 20.6. The number of fused-ring (bicyclic) bond motifs is 5. The summed E-state index contributed by atoms with van der Waals surface area (Å²) in [5, 5.41) is 73.9. The fourth-order valence-corrected chi connectivity index (χ4v) is 10.2. The number of aliphatic hydroxyl groups excluding tert-OH is 2. The minimum absolute atomic E-state index is 0.0138. The van der Waals surface area contributed by atoms with Crippen molar-refractivity contribution < 1.29 is 78.7 Å². The quantitative estimate of drug-likeness (QED) is 0.0596. The average Bonchev–Trinajstić information content (AvgIpc) is 0.828. The molecule has 4 aromatic heterocycles. The van der Waals surface area contributed by atoms with E-state index in [2.05, 4.69) is 30.2 Å². The minimum Gasteiger partial charge on any atom is -0.507 e. The number of rotatable bonds is 14. The van der Waals surface area contributed by atoms with Gasteiger partial charge in [-0.05, 0) is 43.7 Å². The maximum Gasteiger partial charge on any atom is 0.332 e. The summed E-state index contributed by atoms with van der Waals surface area (Å²) in [6, 6.07) is 8.80. The van der Waals surface area contributed by atoms with Gasteiger partial charge in [-0.15, -0.1) is 0 Å². The number of aromatic nitrogens is 8. The van der Waals surface area contributed by atoms with E-state index in [9.17, 15) is 69.0 Å². The third-order valence-electron chi connectivity index (χ3n) is 14.8. The number of phenols is 2. The molecule has 86 heavy (non-hydrogen) atoms. The van der Waals surface area contributed by atoms with Crippen LogP contribution >= 0.6 is 0 Å². The molecule has 3 aromatic carbocycles. The lowest BCUT2D eigenvalue weighted by Gasteiger charge is -2.42. The van der Waals surface area contributed by atoms with Gasteiger partial charge in [-0.25, -0.2) is 24.5 Å². The molecule has 0 saturated carbocycles. The second-order valence-electron chi connectivity index (χ2n) is 20.6. The smallest absolute Gasteiger partial charge is 0.332 e. The zero-order valence-corrected chi connectivity index (χ0v) is 47.0. The van der Waals surface area contributed by atoms with Crippen LogP contribution in [-0.4, -0.2) is 167 Å². The summed E-state index contributed by atoms with van der Waals surface area (Å²) in [4.78, 5) is 120. The van der Waals surface area contributed by atoms with Crippen LogP contribution in [-0.2, 0) is 58.0 Å². The highest BCUT2D eigenvalue weighted by molar-refractivity contribution is 6.31. The number of aryl methyl sites for hydroxylation is 2. The van der Waals surface area contributed by atoms with Crippen LogP contribution in [0.3, 0.4) is 0 Å². The number of benzene rings is 3. The molecular weight excluding hydrogens is 1130 g/mol. The molecule has 7 aromatic rings. The first-order valence-corrected chi connectivity index (χ1v) is 26.3. The number of methoxy groups -OCH3 is 1. The number of imidazole rings is 1. The Hall–Kier alpha value is -9.79. The number of carbonyl (C=O) groups is 6. The second kappa shape index (κ2) is 24.8. The number of aliphatic hydroxyl groups is 3. The third-order valence-corrected chi connectivity index (χ3v) is 14.8. The number of anilines is 3. The predicted octanol–water partition coefficient (Wildman–Crippen LogP) is -0.760. The Morgan fingerprint density at radius 2 is 1.62 bits per heavy atom. The fraction of sp³-hybridized carbons (Fsp3) is 0.364. The van der Waals surface area contributed by atoms with Gasteiger partial charge >= 0.3 is 17.6 Å². The molecule has 3 aliphatic rings. The average molecular weight is 1190 g/mol. The number of carbonyl (C=O) groups excluding carboxylic acids is 4. The molecule has 0 unspecified atom stereocenters. The van der Waals surface area contributed by atoms with E-state index < -0.39 is 120 Å². The number of nitrogens with one attached hydrogen (secondary N) is 1. The van der Waals surface area contributed by atoms with Crippen molar-refractivity contribution in [1.82, 2.24) is 43.9 Å². The maximum absolute atomic E-state index is 13.6. The van der Waals surface area contributed by atoms with Crippen LogP contribution in [0.5, 0.6) is 17.2 Å². The molecule has 31 nitrogen and oxygen atoms in total. The number of carboxylic acid groups (broad SMARTS) is 2. The summed E-state index contributed by atoms with van der Waals surface area (Å²) in [7, 11) is 7.91. The van der Waals surface area contributed by atoms with Crippen LogP contribution in [0.4, 0.5) is 17.5 Å². The Balaban J connectivity index is 0.000000184. The first-order valence-electron chi connectivity index (χ1n) is 26.3. The van der Waals surface area contributed by atoms with E-state index in [4.69, 9.17) is 36.5 Å². The molecule has 1 aliphatic heterocycles. The number of Topliss-reactive ketones (excluding diaryl/α,β-unsaturated/α-hetero) is 1. The van der Waals surface area contributed by atoms with Crippen LogP contribution in [0.25, 0.3) is 22.3 Å². The molecule has 2 aliphatic carbocycles. The highest BCUT2D eigenvalue weighted by Gasteiger charge is 2.50. The number of phenolic OH excluding ortho intramolecular Hbond substituents is 2. The van der Waals surface area contributed by atoms with Crippen LogP contribution in [0.1, 0.15) is 97.7 Å². The lowest BCUT2D eigenvalue weighted by molar-refractivity contribution is -0.247. The Morgan fingerprint density at radius 1 is 0.930 bits per heavy atom. The van der Waals surface area contributed by atoms with E-state index in [1.54, 1.807) is 43.9 Å². The number of amides is 1. The van der Waals surface area contributed by atoms with Crippen LogP contribution in [0, 0.1) is 0 Å². The Labute approximate surface area is 485 Å². The standard InChI is InChI=1S/C27H29NO11.C20H22N8O5.C8H10N4O2/c1-10-22(31)13(28)6-17(38-10)39-15-8-27(36,16(30)9-29)7-12-19(15)26(35)21-20(24(12)33)23(32)11-4-3-5-14(37-2)18(11)25(21)34;1-28(9-11-8-23-17-15(24-11)16(21)26-20(22)27-17)12-4-2-10(3-5-12)18(31)25-13(19(32)33)6-7-14(29)30;1-10-4-9-6-5(10)7(13)12(3)8(14)11(6)2/h3-5,10,13,15,17,22,29,31,33,35-36H,6-9,28H2,1-2H3;2-5,8,13H,6-7,9H2,1H3,(H,25,31)(H,29,30)(H,32,33)(H4,21,22,23,26,27);4H,1-3H3/t10-,13-,15-,17-,22-,27-;13-;/m00./s1.